The highest BCUT2D eigenvalue weighted by Crippen LogP contribution is 2.62. The summed E-state index contributed by atoms with van der Waals surface area (Å²) in [4.78, 5) is 5.22. The monoisotopic (exact) mass is 990 g/mol. The SMILES string of the molecule is c1ccc(N2c3cc(-n4c5ccccc5c5ccccc54)ccc3B3c4ccc(-n5c6ccccc6c6ccccc65)cc4N(c4ccccc4)c4c3c2cc2c4-c3ccccc3C2(c2ccccc2)c2ccccc2)cc1. The first-order valence-electron chi connectivity index (χ1n) is 27.1. The van der Waals surface area contributed by atoms with Crippen LogP contribution in [0.3, 0.4) is 0 Å². The molecule has 0 radical (unpaired) electrons. The van der Waals surface area contributed by atoms with Crippen molar-refractivity contribution >= 4 is 101 Å². The summed E-state index contributed by atoms with van der Waals surface area (Å²) in [6.45, 7) is -0.139. The fourth-order valence-electron chi connectivity index (χ4n) is 14.3. The first-order chi connectivity index (χ1) is 38.8. The third-order valence-electron chi connectivity index (χ3n) is 17.3. The van der Waals surface area contributed by atoms with E-state index < -0.39 is 5.41 Å². The van der Waals surface area contributed by atoms with Gasteiger partial charge in [-0.25, -0.2) is 0 Å². The Morgan fingerprint density at radius 2 is 0.692 bits per heavy atom. The van der Waals surface area contributed by atoms with Crippen molar-refractivity contribution in [2.45, 2.75) is 5.41 Å². The zero-order valence-corrected chi connectivity index (χ0v) is 42.5. The zero-order chi connectivity index (χ0) is 51.1. The molecular weight excluding hydrogens is 944 g/mol. The Labute approximate surface area is 452 Å². The summed E-state index contributed by atoms with van der Waals surface area (Å²) in [5.74, 6) is 0. The average molecular weight is 991 g/mol. The second-order valence-corrected chi connectivity index (χ2v) is 21.1. The summed E-state index contributed by atoms with van der Waals surface area (Å²) in [5, 5.41) is 4.98. The summed E-state index contributed by atoms with van der Waals surface area (Å²) in [6.07, 6.45) is 0. The van der Waals surface area contributed by atoms with Crippen molar-refractivity contribution in [1.29, 1.82) is 0 Å². The summed E-state index contributed by atoms with van der Waals surface area (Å²) >= 11 is 0. The van der Waals surface area contributed by atoms with Gasteiger partial charge in [0.15, 0.2) is 0 Å². The summed E-state index contributed by atoms with van der Waals surface area (Å²) in [6, 6.07) is 107. The Morgan fingerprint density at radius 1 is 0.295 bits per heavy atom. The van der Waals surface area contributed by atoms with Crippen LogP contribution in [0.25, 0.3) is 66.1 Å². The molecule has 4 nitrogen and oxygen atoms in total. The van der Waals surface area contributed by atoms with Gasteiger partial charge in [-0.1, -0.05) is 206 Å². The maximum absolute atomic E-state index is 2.63. The minimum absolute atomic E-state index is 0.139. The Morgan fingerprint density at radius 3 is 1.18 bits per heavy atom. The molecule has 12 aromatic carbocycles. The van der Waals surface area contributed by atoms with Gasteiger partial charge in [0.05, 0.1) is 33.2 Å². The Balaban J connectivity index is 1.05. The molecule has 362 valence electrons. The van der Waals surface area contributed by atoms with Gasteiger partial charge in [0.25, 0.3) is 6.71 Å². The molecule has 0 N–H and O–H groups in total. The molecule has 0 spiro atoms. The third kappa shape index (κ3) is 5.79. The lowest BCUT2D eigenvalue weighted by molar-refractivity contribution is 0.768. The van der Waals surface area contributed by atoms with E-state index in [1.165, 1.54) is 105 Å². The molecule has 4 heterocycles. The van der Waals surface area contributed by atoms with Crippen molar-refractivity contribution in [2.24, 2.45) is 0 Å². The van der Waals surface area contributed by atoms with Gasteiger partial charge in [-0.3, -0.25) is 0 Å². The lowest BCUT2D eigenvalue weighted by Gasteiger charge is -2.46. The highest BCUT2D eigenvalue weighted by atomic mass is 15.2. The molecule has 0 saturated heterocycles. The second-order valence-electron chi connectivity index (χ2n) is 21.1. The number of fused-ring (bicyclic) bond motifs is 14. The number of rotatable bonds is 6. The minimum atomic E-state index is -0.670. The van der Waals surface area contributed by atoms with Gasteiger partial charge in [-0.15, -0.1) is 0 Å². The van der Waals surface area contributed by atoms with E-state index in [1.54, 1.807) is 0 Å². The van der Waals surface area contributed by atoms with Gasteiger partial charge in [0.1, 0.15) is 0 Å². The van der Waals surface area contributed by atoms with E-state index in [1.807, 2.05) is 0 Å². The molecule has 17 rings (SSSR count). The van der Waals surface area contributed by atoms with Crippen LogP contribution in [0.15, 0.2) is 285 Å². The molecule has 5 heteroatoms. The summed E-state index contributed by atoms with van der Waals surface area (Å²) in [7, 11) is 0. The number of nitrogens with zero attached hydrogens (tertiary/aromatic N) is 4. The van der Waals surface area contributed by atoms with E-state index in [9.17, 15) is 0 Å². The minimum Gasteiger partial charge on any atom is -0.311 e. The molecule has 0 saturated carbocycles. The zero-order valence-electron chi connectivity index (χ0n) is 42.5. The van der Waals surface area contributed by atoms with E-state index >= 15 is 0 Å². The lowest BCUT2D eigenvalue weighted by atomic mass is 9.33. The predicted molar refractivity (Wildman–Crippen MR) is 326 cm³/mol. The molecule has 3 aliphatic rings. The van der Waals surface area contributed by atoms with Crippen LogP contribution in [0.4, 0.5) is 34.1 Å². The van der Waals surface area contributed by atoms with Crippen LogP contribution in [-0.4, -0.2) is 15.8 Å². The van der Waals surface area contributed by atoms with Crippen LogP contribution in [0, 0.1) is 0 Å². The number of hydrogen-bond donors (Lipinski definition) is 0. The number of anilines is 6. The topological polar surface area (TPSA) is 16.3 Å². The molecule has 2 aromatic heterocycles. The van der Waals surface area contributed by atoms with E-state index in [-0.39, 0.29) is 6.71 Å². The highest BCUT2D eigenvalue weighted by Gasteiger charge is 2.52. The van der Waals surface area contributed by atoms with Crippen LogP contribution < -0.4 is 26.2 Å². The molecular formula is C73H47BN4. The van der Waals surface area contributed by atoms with E-state index in [4.69, 9.17) is 0 Å². The molecule has 0 amide bonds. The van der Waals surface area contributed by atoms with Gasteiger partial charge >= 0.3 is 0 Å². The summed E-state index contributed by atoms with van der Waals surface area (Å²) in [5.41, 5.74) is 24.6. The van der Waals surface area contributed by atoms with Gasteiger partial charge in [0.2, 0.25) is 0 Å². The summed E-state index contributed by atoms with van der Waals surface area (Å²) < 4.78 is 4.94. The molecule has 0 unspecified atom stereocenters. The fraction of sp³-hybridized carbons (Fsp3) is 0.0137. The van der Waals surface area contributed by atoms with Gasteiger partial charge in [-0.05, 0) is 123 Å². The Bertz CT molecular complexity index is 4600. The van der Waals surface area contributed by atoms with Crippen molar-refractivity contribution in [2.75, 3.05) is 9.80 Å². The van der Waals surface area contributed by atoms with E-state index in [0.29, 0.717) is 0 Å². The largest absolute Gasteiger partial charge is 0.311 e. The first kappa shape index (κ1) is 43.2. The van der Waals surface area contributed by atoms with Crippen molar-refractivity contribution in [1.82, 2.24) is 9.13 Å². The van der Waals surface area contributed by atoms with E-state index in [0.717, 1.165) is 34.1 Å². The molecule has 78 heavy (non-hydrogen) atoms. The lowest BCUT2D eigenvalue weighted by Crippen LogP contribution is -2.61. The molecule has 14 aromatic rings. The molecule has 0 atom stereocenters. The van der Waals surface area contributed by atoms with E-state index in [2.05, 4.69) is 304 Å². The van der Waals surface area contributed by atoms with Crippen LogP contribution >= 0.6 is 0 Å². The Hall–Kier alpha value is -10.1. The van der Waals surface area contributed by atoms with Gasteiger partial charge in [0, 0.05) is 66.9 Å². The van der Waals surface area contributed by atoms with Crippen molar-refractivity contribution in [3.8, 4) is 22.5 Å². The first-order valence-corrected chi connectivity index (χ1v) is 27.1. The van der Waals surface area contributed by atoms with Crippen molar-refractivity contribution < 1.29 is 0 Å². The van der Waals surface area contributed by atoms with Crippen LogP contribution in [0.1, 0.15) is 22.3 Å². The average Bonchev–Trinajstić information content (AvgIpc) is 3.63. The third-order valence-corrected chi connectivity index (χ3v) is 17.3. The molecule has 1 aliphatic carbocycles. The highest BCUT2D eigenvalue weighted by molar-refractivity contribution is 7.00. The smallest absolute Gasteiger partial charge is 0.252 e. The number of para-hydroxylation sites is 6. The number of aromatic nitrogens is 2. The van der Waals surface area contributed by atoms with Crippen LogP contribution in [-0.2, 0) is 5.41 Å². The molecule has 0 fully saturated rings. The van der Waals surface area contributed by atoms with Crippen LogP contribution in [0.2, 0.25) is 0 Å². The quantitative estimate of drug-likeness (QED) is 0.154. The van der Waals surface area contributed by atoms with Crippen LogP contribution in [0.5, 0.6) is 0 Å². The maximum Gasteiger partial charge on any atom is 0.252 e. The number of hydrogen-bond acceptors (Lipinski definition) is 2. The standard InChI is InChI=1S/C73H47BN4/c1-5-23-48(24-6-1)73(49-25-7-2-8-26-49)59-36-18-13-35-58(59)70-60(73)47-69-71-72(70)78(51-29-11-4-12-30-51)68-46-53(77-65-39-21-16-33-56(65)57-34-17-22-40-66(57)77)42-44-62(68)74(71)61-43-41-52(45-67(61)75(69)50-27-9-3-10-28-50)76-63-37-19-14-31-54(63)55-32-15-20-38-64(55)76/h1-47H. The maximum atomic E-state index is 2.63. The second kappa shape index (κ2) is 16.5. The van der Waals surface area contributed by atoms with Crippen molar-refractivity contribution in [3.63, 3.8) is 0 Å². The predicted octanol–water partition coefficient (Wildman–Crippen LogP) is 16.3. The fourth-order valence-corrected chi connectivity index (χ4v) is 14.3. The van der Waals surface area contributed by atoms with Gasteiger partial charge in [-0.2, -0.15) is 0 Å². The normalized spacial score (nSPS) is 13.7. The Kier molecular flexibility index (Phi) is 9.11. The molecule has 0 bridgehead atoms. The van der Waals surface area contributed by atoms with Gasteiger partial charge < -0.3 is 18.9 Å². The number of benzene rings is 12. The molecule has 2 aliphatic heterocycles. The van der Waals surface area contributed by atoms with Crippen molar-refractivity contribution in [3.05, 3.63) is 307 Å².